The van der Waals surface area contributed by atoms with Crippen LogP contribution in [0.3, 0.4) is 0 Å². The van der Waals surface area contributed by atoms with Crippen LogP contribution >= 0.6 is 0 Å². The number of nitrogens with zero attached hydrogens (tertiary/aromatic N) is 1. The smallest absolute Gasteiger partial charge is 0.226 e. The molecule has 0 unspecified atom stereocenters. The summed E-state index contributed by atoms with van der Waals surface area (Å²) >= 11 is 0. The molecule has 30 heavy (non-hydrogen) atoms. The zero-order valence-electron chi connectivity index (χ0n) is 18.4. The molecule has 0 saturated carbocycles. The van der Waals surface area contributed by atoms with Crippen molar-refractivity contribution in [2.75, 3.05) is 25.0 Å². The number of hydrogen-bond donors (Lipinski definition) is 2. The number of aromatic amines is 1. The number of H-pyrrole nitrogens is 1. The molecule has 1 saturated heterocycles. The van der Waals surface area contributed by atoms with E-state index in [0.29, 0.717) is 5.92 Å². The van der Waals surface area contributed by atoms with Crippen LogP contribution in [0.4, 0.5) is 5.69 Å². The normalized spacial score (nSPS) is 15.7. The molecule has 4 rings (SSSR count). The minimum atomic E-state index is -0.00189. The SMILES string of the molecule is Cc1cccc2c(CCN3CCC(c4cccc(NC(=O)C(C)C)c4)CC3)c[nH]c12. The fraction of sp³-hybridized carbons (Fsp3) is 0.423. The molecular weight excluding hydrogens is 370 g/mol. The molecule has 2 heterocycles. The molecule has 0 radical (unpaired) electrons. The van der Waals surface area contributed by atoms with E-state index in [0.717, 1.165) is 31.7 Å². The number of piperidine rings is 1. The van der Waals surface area contributed by atoms with Gasteiger partial charge in [-0.2, -0.15) is 0 Å². The molecule has 1 amide bonds. The molecule has 0 spiro atoms. The van der Waals surface area contributed by atoms with Crippen LogP contribution < -0.4 is 5.32 Å². The summed E-state index contributed by atoms with van der Waals surface area (Å²) < 4.78 is 0. The Bertz CT molecular complexity index is 1010. The average Bonchev–Trinajstić information content (AvgIpc) is 3.17. The maximum absolute atomic E-state index is 12.0. The van der Waals surface area contributed by atoms with Crippen molar-refractivity contribution in [1.29, 1.82) is 0 Å². The van der Waals surface area contributed by atoms with Crippen LogP contribution in [0.25, 0.3) is 10.9 Å². The highest BCUT2D eigenvalue weighted by Crippen LogP contribution is 2.30. The molecule has 0 bridgehead atoms. The molecule has 1 fully saturated rings. The number of benzene rings is 2. The van der Waals surface area contributed by atoms with Gasteiger partial charge in [-0.25, -0.2) is 0 Å². The van der Waals surface area contributed by atoms with Gasteiger partial charge in [-0.1, -0.05) is 44.2 Å². The first-order chi connectivity index (χ1) is 14.5. The predicted molar refractivity (Wildman–Crippen MR) is 125 cm³/mol. The monoisotopic (exact) mass is 403 g/mol. The van der Waals surface area contributed by atoms with E-state index in [4.69, 9.17) is 0 Å². The molecule has 4 heteroatoms. The van der Waals surface area contributed by atoms with E-state index in [2.05, 4.69) is 64.7 Å². The third-order valence-corrected chi connectivity index (χ3v) is 6.44. The van der Waals surface area contributed by atoms with Crippen LogP contribution in [0, 0.1) is 12.8 Å². The Hall–Kier alpha value is -2.59. The minimum Gasteiger partial charge on any atom is -0.361 e. The van der Waals surface area contributed by atoms with Crippen LogP contribution in [0.15, 0.2) is 48.7 Å². The van der Waals surface area contributed by atoms with Crippen molar-refractivity contribution in [2.24, 2.45) is 5.92 Å². The summed E-state index contributed by atoms with van der Waals surface area (Å²) in [6, 6.07) is 15.0. The number of aromatic nitrogens is 1. The molecule has 2 aromatic carbocycles. The zero-order chi connectivity index (χ0) is 21.1. The van der Waals surface area contributed by atoms with Gasteiger partial charge < -0.3 is 15.2 Å². The van der Waals surface area contributed by atoms with Gasteiger partial charge in [0, 0.05) is 35.2 Å². The van der Waals surface area contributed by atoms with Gasteiger partial charge in [-0.05, 0) is 74.0 Å². The number of likely N-dealkylation sites (tertiary alicyclic amines) is 1. The first-order valence-corrected chi connectivity index (χ1v) is 11.2. The zero-order valence-corrected chi connectivity index (χ0v) is 18.4. The van der Waals surface area contributed by atoms with Gasteiger partial charge in [0.05, 0.1) is 0 Å². The van der Waals surface area contributed by atoms with Crippen LogP contribution in [-0.4, -0.2) is 35.4 Å². The van der Waals surface area contributed by atoms with Crippen LogP contribution in [0.2, 0.25) is 0 Å². The number of amides is 1. The summed E-state index contributed by atoms with van der Waals surface area (Å²) in [5.41, 5.74) is 6.28. The second-order valence-electron chi connectivity index (χ2n) is 8.95. The minimum absolute atomic E-state index is 0.00189. The largest absolute Gasteiger partial charge is 0.361 e. The number of fused-ring (bicyclic) bond motifs is 1. The average molecular weight is 404 g/mol. The van der Waals surface area contributed by atoms with Gasteiger partial charge >= 0.3 is 0 Å². The Morgan fingerprint density at radius 3 is 2.70 bits per heavy atom. The topological polar surface area (TPSA) is 48.1 Å². The molecule has 1 aliphatic heterocycles. The van der Waals surface area contributed by atoms with Crippen molar-refractivity contribution < 1.29 is 4.79 Å². The molecule has 4 nitrogen and oxygen atoms in total. The van der Waals surface area contributed by atoms with Gasteiger partial charge in [-0.15, -0.1) is 0 Å². The Labute approximate surface area is 179 Å². The molecule has 0 atom stereocenters. The Morgan fingerprint density at radius 1 is 1.17 bits per heavy atom. The Morgan fingerprint density at radius 2 is 1.93 bits per heavy atom. The second kappa shape index (κ2) is 9.05. The van der Waals surface area contributed by atoms with Crippen LogP contribution in [-0.2, 0) is 11.2 Å². The number of carbonyl (C=O) groups excluding carboxylic acids is 1. The summed E-state index contributed by atoms with van der Waals surface area (Å²) in [6.45, 7) is 9.39. The molecule has 158 valence electrons. The van der Waals surface area contributed by atoms with Gasteiger partial charge in [0.15, 0.2) is 0 Å². The van der Waals surface area contributed by atoms with E-state index in [1.54, 1.807) is 0 Å². The lowest BCUT2D eigenvalue weighted by Crippen LogP contribution is -2.34. The lowest BCUT2D eigenvalue weighted by molar-refractivity contribution is -0.118. The maximum atomic E-state index is 12.0. The summed E-state index contributed by atoms with van der Waals surface area (Å²) in [4.78, 5) is 18.0. The Kier molecular flexibility index (Phi) is 6.24. The summed E-state index contributed by atoms with van der Waals surface area (Å²) in [6.07, 6.45) is 5.62. The van der Waals surface area contributed by atoms with Gasteiger partial charge in [0.2, 0.25) is 5.91 Å². The van der Waals surface area contributed by atoms with Crippen molar-refractivity contribution in [3.05, 3.63) is 65.4 Å². The number of nitrogens with one attached hydrogen (secondary N) is 2. The van der Waals surface area contributed by atoms with E-state index in [-0.39, 0.29) is 11.8 Å². The molecule has 0 aliphatic carbocycles. The van der Waals surface area contributed by atoms with E-state index < -0.39 is 0 Å². The molecule has 1 aliphatic rings. The Balaban J connectivity index is 1.32. The molecular formula is C26H33N3O. The standard InChI is InChI=1S/C26H33N3O/c1-18(2)26(30)28-23-8-5-7-21(16-23)20-10-13-29(14-11-20)15-12-22-17-27-25-19(3)6-4-9-24(22)25/h4-9,16-18,20,27H,10-15H2,1-3H3,(H,28,30). The van der Waals surface area contributed by atoms with E-state index in [1.807, 2.05) is 19.9 Å². The van der Waals surface area contributed by atoms with Gasteiger partial charge in [0.25, 0.3) is 0 Å². The molecule has 2 N–H and O–H groups in total. The first kappa shape index (κ1) is 20.7. The van der Waals surface area contributed by atoms with Crippen molar-refractivity contribution in [2.45, 2.75) is 46.0 Å². The molecule has 3 aromatic rings. The second-order valence-corrected chi connectivity index (χ2v) is 8.95. The highest BCUT2D eigenvalue weighted by Gasteiger charge is 2.21. The van der Waals surface area contributed by atoms with Crippen LogP contribution in [0.1, 0.15) is 49.3 Å². The quantitative estimate of drug-likeness (QED) is 0.571. The first-order valence-electron chi connectivity index (χ1n) is 11.2. The number of para-hydroxylation sites is 1. The van der Waals surface area contributed by atoms with E-state index >= 15 is 0 Å². The van der Waals surface area contributed by atoms with Crippen molar-refractivity contribution >= 4 is 22.5 Å². The number of carbonyl (C=O) groups is 1. The number of anilines is 1. The fourth-order valence-corrected chi connectivity index (χ4v) is 4.50. The fourth-order valence-electron chi connectivity index (χ4n) is 4.50. The highest BCUT2D eigenvalue weighted by molar-refractivity contribution is 5.92. The van der Waals surface area contributed by atoms with Gasteiger partial charge in [0.1, 0.15) is 0 Å². The number of aryl methyl sites for hydroxylation is 1. The number of hydrogen-bond acceptors (Lipinski definition) is 2. The highest BCUT2D eigenvalue weighted by atomic mass is 16.1. The van der Waals surface area contributed by atoms with E-state index in [9.17, 15) is 4.79 Å². The van der Waals surface area contributed by atoms with Crippen molar-refractivity contribution in [3.8, 4) is 0 Å². The third-order valence-electron chi connectivity index (χ3n) is 6.44. The molecule has 1 aromatic heterocycles. The lowest BCUT2D eigenvalue weighted by atomic mass is 9.89. The van der Waals surface area contributed by atoms with Crippen molar-refractivity contribution in [3.63, 3.8) is 0 Å². The number of rotatable bonds is 6. The summed E-state index contributed by atoms with van der Waals surface area (Å²) in [5.74, 6) is 0.653. The van der Waals surface area contributed by atoms with Crippen molar-refractivity contribution in [1.82, 2.24) is 9.88 Å². The third kappa shape index (κ3) is 4.59. The van der Waals surface area contributed by atoms with Crippen LogP contribution in [0.5, 0.6) is 0 Å². The van der Waals surface area contributed by atoms with Gasteiger partial charge in [-0.3, -0.25) is 4.79 Å². The lowest BCUT2D eigenvalue weighted by Gasteiger charge is -2.32. The summed E-state index contributed by atoms with van der Waals surface area (Å²) in [7, 11) is 0. The summed E-state index contributed by atoms with van der Waals surface area (Å²) in [5, 5.41) is 4.40. The predicted octanol–water partition coefficient (Wildman–Crippen LogP) is 5.49. The van der Waals surface area contributed by atoms with E-state index in [1.165, 1.54) is 40.4 Å². The maximum Gasteiger partial charge on any atom is 0.226 e.